The number of benzene rings is 1. The average Bonchev–Trinajstić information content (AvgIpc) is 2.47. The lowest BCUT2D eigenvalue weighted by Gasteiger charge is -2.11. The number of aromatic nitrogens is 2. The summed E-state index contributed by atoms with van der Waals surface area (Å²) in [5.74, 6) is 0.0764. The van der Waals surface area contributed by atoms with E-state index < -0.39 is 5.97 Å². The number of carboxylic acid groups (broad SMARTS) is 1. The number of para-hydroxylation sites is 2. The van der Waals surface area contributed by atoms with E-state index in [9.17, 15) is 4.79 Å². The van der Waals surface area contributed by atoms with Gasteiger partial charge in [-0.15, -0.1) is 0 Å². The maximum absolute atomic E-state index is 11.0. The fourth-order valence-corrected chi connectivity index (χ4v) is 1.64. The first-order valence-corrected chi connectivity index (χ1v) is 6.09. The Morgan fingerprint density at radius 1 is 1.25 bits per heavy atom. The third kappa shape index (κ3) is 3.23. The summed E-state index contributed by atoms with van der Waals surface area (Å²) in [5.41, 5.74) is 0.347. The van der Waals surface area contributed by atoms with Crippen molar-refractivity contribution in [2.45, 2.75) is 13.5 Å². The quantitative estimate of drug-likeness (QED) is 0.869. The van der Waals surface area contributed by atoms with Crippen LogP contribution >= 0.6 is 0 Å². The first kappa shape index (κ1) is 13.8. The molecule has 1 aromatic carbocycles. The molecule has 0 atom stereocenters. The van der Waals surface area contributed by atoms with E-state index in [0.717, 1.165) is 0 Å². The van der Waals surface area contributed by atoms with E-state index in [1.54, 1.807) is 12.1 Å². The number of carboxylic acids is 1. The van der Waals surface area contributed by atoms with E-state index in [0.29, 0.717) is 23.8 Å². The monoisotopic (exact) mass is 274 g/mol. The highest BCUT2D eigenvalue weighted by Crippen LogP contribution is 2.27. The summed E-state index contributed by atoms with van der Waals surface area (Å²) in [6.45, 7) is 2.44. The number of ether oxygens (including phenoxy) is 2. The van der Waals surface area contributed by atoms with Gasteiger partial charge in [0.15, 0.2) is 11.5 Å². The van der Waals surface area contributed by atoms with Crippen molar-refractivity contribution in [2.24, 2.45) is 0 Å². The third-order valence-corrected chi connectivity index (χ3v) is 2.54. The molecule has 0 unspecified atom stereocenters. The van der Waals surface area contributed by atoms with Crippen LogP contribution in [0.3, 0.4) is 0 Å². The third-order valence-electron chi connectivity index (χ3n) is 2.54. The Balaban J connectivity index is 2.15. The highest BCUT2D eigenvalue weighted by molar-refractivity contribution is 5.88. The van der Waals surface area contributed by atoms with Gasteiger partial charge in [0.25, 0.3) is 0 Å². The summed E-state index contributed by atoms with van der Waals surface area (Å²) in [6, 6.07) is 7.20. The number of nitrogens with zero attached hydrogens (tertiary/aromatic N) is 2. The fourth-order valence-electron chi connectivity index (χ4n) is 1.64. The van der Waals surface area contributed by atoms with Gasteiger partial charge >= 0.3 is 5.97 Å². The molecule has 0 saturated carbocycles. The van der Waals surface area contributed by atoms with Gasteiger partial charge in [0.05, 0.1) is 12.3 Å². The van der Waals surface area contributed by atoms with Crippen molar-refractivity contribution in [3.05, 3.63) is 48.0 Å². The van der Waals surface area contributed by atoms with Crippen LogP contribution in [0.25, 0.3) is 0 Å². The Labute approximate surface area is 116 Å². The van der Waals surface area contributed by atoms with Crippen LogP contribution in [0.4, 0.5) is 0 Å². The number of hydrogen-bond donors (Lipinski definition) is 1. The highest BCUT2D eigenvalue weighted by Gasteiger charge is 2.12. The molecule has 0 aliphatic rings. The van der Waals surface area contributed by atoms with Crippen LogP contribution in [0.1, 0.15) is 23.0 Å². The van der Waals surface area contributed by atoms with Gasteiger partial charge < -0.3 is 14.6 Å². The lowest BCUT2D eigenvalue weighted by atomic mass is 10.2. The van der Waals surface area contributed by atoms with Gasteiger partial charge in [-0.05, 0) is 19.1 Å². The second kappa shape index (κ2) is 6.51. The minimum absolute atomic E-state index is 0.0291. The van der Waals surface area contributed by atoms with Gasteiger partial charge in [-0.25, -0.2) is 14.8 Å². The molecule has 0 bridgehead atoms. The van der Waals surface area contributed by atoms with E-state index >= 15 is 0 Å². The van der Waals surface area contributed by atoms with Crippen molar-refractivity contribution < 1.29 is 19.4 Å². The topological polar surface area (TPSA) is 81.5 Å². The van der Waals surface area contributed by atoms with Gasteiger partial charge in [-0.2, -0.15) is 0 Å². The Morgan fingerprint density at radius 2 is 1.95 bits per heavy atom. The Morgan fingerprint density at radius 3 is 2.60 bits per heavy atom. The van der Waals surface area contributed by atoms with Gasteiger partial charge in [-0.3, -0.25) is 0 Å². The second-order valence-electron chi connectivity index (χ2n) is 3.86. The lowest BCUT2D eigenvalue weighted by Crippen LogP contribution is -2.09. The molecule has 6 nitrogen and oxygen atoms in total. The van der Waals surface area contributed by atoms with Crippen LogP contribution in [-0.4, -0.2) is 27.7 Å². The van der Waals surface area contributed by atoms with Crippen molar-refractivity contribution in [3.8, 4) is 11.5 Å². The van der Waals surface area contributed by atoms with Gasteiger partial charge in [-0.1, -0.05) is 12.1 Å². The summed E-state index contributed by atoms with van der Waals surface area (Å²) >= 11 is 0. The summed E-state index contributed by atoms with van der Waals surface area (Å²) in [7, 11) is 0. The van der Waals surface area contributed by atoms with E-state index in [2.05, 4.69) is 9.97 Å². The summed E-state index contributed by atoms with van der Waals surface area (Å²) < 4.78 is 11.0. The molecule has 0 radical (unpaired) electrons. The van der Waals surface area contributed by atoms with Crippen molar-refractivity contribution in [2.75, 3.05) is 6.61 Å². The van der Waals surface area contributed by atoms with Crippen molar-refractivity contribution in [3.63, 3.8) is 0 Å². The molecule has 0 spiro atoms. The van der Waals surface area contributed by atoms with Crippen LogP contribution in [0, 0.1) is 0 Å². The van der Waals surface area contributed by atoms with Crippen LogP contribution in [0.2, 0.25) is 0 Å². The molecular weight excluding hydrogens is 260 g/mol. The normalized spacial score (nSPS) is 10.1. The summed E-state index contributed by atoms with van der Waals surface area (Å²) in [6.07, 6.45) is 2.54. The van der Waals surface area contributed by atoms with E-state index in [4.69, 9.17) is 14.6 Å². The molecule has 0 fully saturated rings. The minimum atomic E-state index is -1.08. The van der Waals surface area contributed by atoms with Gasteiger partial charge in [0.1, 0.15) is 18.5 Å². The predicted octanol–water partition coefficient (Wildman–Crippen LogP) is 2.15. The zero-order valence-corrected chi connectivity index (χ0v) is 10.9. The minimum Gasteiger partial charge on any atom is -0.490 e. The van der Waals surface area contributed by atoms with Crippen molar-refractivity contribution in [1.82, 2.24) is 9.97 Å². The summed E-state index contributed by atoms with van der Waals surface area (Å²) in [4.78, 5) is 18.7. The molecule has 1 aromatic heterocycles. The highest BCUT2D eigenvalue weighted by atomic mass is 16.5. The molecule has 2 aromatic rings. The number of rotatable bonds is 6. The molecule has 0 saturated heterocycles. The van der Waals surface area contributed by atoms with Crippen LogP contribution < -0.4 is 9.47 Å². The van der Waals surface area contributed by atoms with E-state index in [1.165, 1.54) is 12.5 Å². The smallest absolute Gasteiger partial charge is 0.339 e. The number of carbonyl (C=O) groups is 1. The molecule has 1 heterocycles. The molecule has 0 aliphatic heterocycles. The Hall–Kier alpha value is -2.63. The molecule has 0 aliphatic carbocycles. The first-order chi connectivity index (χ1) is 9.72. The van der Waals surface area contributed by atoms with Crippen molar-refractivity contribution >= 4 is 5.97 Å². The molecule has 104 valence electrons. The van der Waals surface area contributed by atoms with Crippen LogP contribution in [-0.2, 0) is 6.61 Å². The Bertz CT molecular complexity index is 601. The molecular formula is C14H14N2O4. The first-order valence-electron chi connectivity index (χ1n) is 6.09. The molecule has 6 heteroatoms. The molecule has 0 amide bonds. The number of aromatic carboxylic acids is 1. The Kier molecular flexibility index (Phi) is 4.49. The number of hydrogen-bond acceptors (Lipinski definition) is 5. The average molecular weight is 274 g/mol. The molecule has 20 heavy (non-hydrogen) atoms. The fraction of sp³-hybridized carbons (Fsp3) is 0.214. The van der Waals surface area contributed by atoms with Gasteiger partial charge in [0, 0.05) is 6.20 Å². The van der Waals surface area contributed by atoms with Crippen LogP contribution in [0.15, 0.2) is 36.8 Å². The maximum atomic E-state index is 11.0. The van der Waals surface area contributed by atoms with Gasteiger partial charge in [0.2, 0.25) is 0 Å². The second-order valence-corrected chi connectivity index (χ2v) is 3.86. The zero-order chi connectivity index (χ0) is 14.4. The lowest BCUT2D eigenvalue weighted by molar-refractivity contribution is 0.0692. The molecule has 2 rings (SSSR count). The zero-order valence-electron chi connectivity index (χ0n) is 10.9. The largest absolute Gasteiger partial charge is 0.490 e. The molecule has 1 N–H and O–H groups in total. The maximum Gasteiger partial charge on any atom is 0.339 e. The predicted molar refractivity (Wildman–Crippen MR) is 70.9 cm³/mol. The van der Waals surface area contributed by atoms with Crippen LogP contribution in [0.5, 0.6) is 11.5 Å². The standard InChI is InChI=1S/C14H14N2O4/c1-2-19-12-5-3-4-6-13(12)20-8-11-10(14(17)18)7-15-9-16-11/h3-7,9H,2,8H2,1H3,(H,17,18). The van der Waals surface area contributed by atoms with E-state index in [-0.39, 0.29) is 12.2 Å². The van der Waals surface area contributed by atoms with Crippen molar-refractivity contribution in [1.29, 1.82) is 0 Å². The SMILES string of the molecule is CCOc1ccccc1OCc1ncncc1C(=O)O. The van der Waals surface area contributed by atoms with E-state index in [1.807, 2.05) is 19.1 Å². The summed E-state index contributed by atoms with van der Waals surface area (Å²) in [5, 5.41) is 9.04.